The van der Waals surface area contributed by atoms with Crippen LogP contribution in [0.1, 0.15) is 48.7 Å². The maximum Gasteiger partial charge on any atom is 0.211 e. The van der Waals surface area contributed by atoms with Gasteiger partial charge in [-0.3, -0.25) is 19.2 Å². The molecule has 1 aliphatic carbocycles. The molecule has 0 amide bonds. The number of piperazine rings is 1. The first-order valence-corrected chi connectivity index (χ1v) is 11.7. The van der Waals surface area contributed by atoms with Crippen molar-refractivity contribution >= 4 is 11.6 Å². The lowest BCUT2D eigenvalue weighted by Gasteiger charge is -2.38. The summed E-state index contributed by atoms with van der Waals surface area (Å²) in [6.45, 7) is 5.33. The smallest absolute Gasteiger partial charge is 0.211 e. The molecule has 7 heteroatoms. The Kier molecular flexibility index (Phi) is 4.88. The van der Waals surface area contributed by atoms with Crippen molar-refractivity contribution in [3.8, 4) is 0 Å². The van der Waals surface area contributed by atoms with E-state index in [9.17, 15) is 0 Å². The van der Waals surface area contributed by atoms with E-state index in [1.165, 1.54) is 37.1 Å². The van der Waals surface area contributed by atoms with Gasteiger partial charge in [-0.15, -0.1) is 0 Å². The summed E-state index contributed by atoms with van der Waals surface area (Å²) < 4.78 is 2.20. The Morgan fingerprint density at radius 1 is 1.06 bits per heavy atom. The Hall–Kier alpha value is -2.51. The Bertz CT molecular complexity index is 1080. The van der Waals surface area contributed by atoms with Gasteiger partial charge in [0.1, 0.15) is 5.65 Å². The fraction of sp³-hybridized carbons (Fsp3) is 0.542. The summed E-state index contributed by atoms with van der Waals surface area (Å²) in [5.74, 6) is 1.04. The minimum atomic E-state index is 0.364. The quantitative estimate of drug-likeness (QED) is 0.651. The van der Waals surface area contributed by atoms with Crippen LogP contribution in [0.5, 0.6) is 0 Å². The van der Waals surface area contributed by atoms with Crippen molar-refractivity contribution in [3.05, 3.63) is 53.7 Å². The van der Waals surface area contributed by atoms with Crippen molar-refractivity contribution in [1.29, 1.82) is 0 Å². The van der Waals surface area contributed by atoms with Crippen LogP contribution in [0.25, 0.3) is 5.65 Å². The SMILES string of the molecule is CN(Cc1cn2c(N3CCN4CCCC4C3)nccc2n1)C1CCCc2cccnc21. The molecular weight excluding hydrogens is 386 g/mol. The number of fused-ring (bicyclic) bond motifs is 3. The van der Waals surface area contributed by atoms with E-state index in [4.69, 9.17) is 15.0 Å². The van der Waals surface area contributed by atoms with Gasteiger partial charge in [0.15, 0.2) is 0 Å². The molecular formula is C24H31N7. The minimum absolute atomic E-state index is 0.364. The van der Waals surface area contributed by atoms with E-state index in [-0.39, 0.29) is 0 Å². The van der Waals surface area contributed by atoms with Gasteiger partial charge in [0.05, 0.1) is 17.4 Å². The maximum atomic E-state index is 4.95. The van der Waals surface area contributed by atoms with Crippen molar-refractivity contribution in [2.75, 3.05) is 38.1 Å². The van der Waals surface area contributed by atoms with Gasteiger partial charge < -0.3 is 4.90 Å². The molecule has 0 aromatic carbocycles. The Morgan fingerprint density at radius 3 is 3.00 bits per heavy atom. The molecule has 2 atom stereocenters. The molecule has 2 fully saturated rings. The summed E-state index contributed by atoms with van der Waals surface area (Å²) >= 11 is 0. The van der Waals surface area contributed by atoms with Gasteiger partial charge in [0, 0.05) is 50.8 Å². The zero-order valence-electron chi connectivity index (χ0n) is 18.3. The number of nitrogens with zero attached hydrogens (tertiary/aromatic N) is 7. The zero-order chi connectivity index (χ0) is 20.8. The second kappa shape index (κ2) is 7.88. The average molecular weight is 418 g/mol. The second-order valence-electron chi connectivity index (χ2n) is 9.35. The average Bonchev–Trinajstić information content (AvgIpc) is 3.44. The van der Waals surface area contributed by atoms with Crippen LogP contribution in [0.4, 0.5) is 5.95 Å². The number of hydrogen-bond donors (Lipinski definition) is 0. The van der Waals surface area contributed by atoms with Gasteiger partial charge in [-0.25, -0.2) is 9.97 Å². The fourth-order valence-electron chi connectivity index (χ4n) is 5.82. The van der Waals surface area contributed by atoms with Gasteiger partial charge in [-0.05, 0) is 63.4 Å². The van der Waals surface area contributed by atoms with Crippen molar-refractivity contribution in [2.24, 2.45) is 0 Å². The van der Waals surface area contributed by atoms with Crippen LogP contribution in [0, 0.1) is 0 Å². The first-order chi connectivity index (χ1) is 15.3. The molecule has 5 heterocycles. The molecule has 162 valence electrons. The molecule has 0 radical (unpaired) electrons. The van der Waals surface area contributed by atoms with Gasteiger partial charge in [-0.2, -0.15) is 0 Å². The van der Waals surface area contributed by atoms with Gasteiger partial charge in [0.2, 0.25) is 5.95 Å². The van der Waals surface area contributed by atoms with Gasteiger partial charge in [-0.1, -0.05) is 6.07 Å². The molecule has 2 unspecified atom stereocenters. The minimum Gasteiger partial charge on any atom is -0.339 e. The first-order valence-electron chi connectivity index (χ1n) is 11.7. The van der Waals surface area contributed by atoms with E-state index < -0.39 is 0 Å². The lowest BCUT2D eigenvalue weighted by molar-refractivity contribution is 0.206. The fourth-order valence-corrected chi connectivity index (χ4v) is 5.82. The van der Waals surface area contributed by atoms with Gasteiger partial charge >= 0.3 is 0 Å². The van der Waals surface area contributed by atoms with Crippen molar-refractivity contribution in [3.63, 3.8) is 0 Å². The largest absolute Gasteiger partial charge is 0.339 e. The maximum absolute atomic E-state index is 4.95. The van der Waals surface area contributed by atoms with Crippen LogP contribution in [0.3, 0.4) is 0 Å². The highest BCUT2D eigenvalue weighted by Gasteiger charge is 2.32. The number of anilines is 1. The monoisotopic (exact) mass is 417 g/mol. The van der Waals surface area contributed by atoms with Crippen molar-refractivity contribution in [1.82, 2.24) is 29.2 Å². The highest BCUT2D eigenvalue weighted by Crippen LogP contribution is 2.33. The highest BCUT2D eigenvalue weighted by molar-refractivity contribution is 5.48. The van der Waals surface area contributed by atoms with Crippen molar-refractivity contribution in [2.45, 2.75) is 50.7 Å². The molecule has 31 heavy (non-hydrogen) atoms. The number of imidazole rings is 1. The van der Waals surface area contributed by atoms with E-state index in [0.717, 1.165) is 56.3 Å². The van der Waals surface area contributed by atoms with Crippen molar-refractivity contribution < 1.29 is 0 Å². The zero-order valence-corrected chi connectivity index (χ0v) is 18.3. The molecule has 0 N–H and O–H groups in total. The summed E-state index contributed by atoms with van der Waals surface area (Å²) in [7, 11) is 2.21. The van der Waals surface area contributed by atoms with Crippen LogP contribution in [-0.4, -0.2) is 68.4 Å². The van der Waals surface area contributed by atoms with E-state index in [0.29, 0.717) is 12.1 Å². The van der Waals surface area contributed by atoms with Crippen LogP contribution in [-0.2, 0) is 13.0 Å². The molecule has 3 aromatic rings. The van der Waals surface area contributed by atoms with E-state index in [1.807, 2.05) is 18.5 Å². The summed E-state index contributed by atoms with van der Waals surface area (Å²) in [6.07, 6.45) is 12.2. The summed E-state index contributed by atoms with van der Waals surface area (Å²) in [5, 5.41) is 0. The molecule has 2 aliphatic heterocycles. The third-order valence-corrected chi connectivity index (χ3v) is 7.39. The lowest BCUT2D eigenvalue weighted by atomic mass is 9.91. The molecule has 0 spiro atoms. The molecule has 7 nitrogen and oxygen atoms in total. The van der Waals surface area contributed by atoms with E-state index in [2.05, 4.69) is 44.5 Å². The standard InChI is InChI=1S/C24H31N7/c1-28(21-8-2-5-18-6-3-10-25-23(18)21)15-19-16-31-22(27-19)9-11-26-24(31)30-14-13-29-12-4-7-20(29)17-30/h3,6,9-11,16,20-21H,2,4-5,7-8,12-15,17H2,1H3. The highest BCUT2D eigenvalue weighted by atomic mass is 15.4. The van der Waals surface area contributed by atoms with Gasteiger partial charge in [0.25, 0.3) is 0 Å². The first kappa shape index (κ1) is 19.2. The van der Waals surface area contributed by atoms with E-state index >= 15 is 0 Å². The second-order valence-corrected chi connectivity index (χ2v) is 9.35. The Balaban J connectivity index is 1.24. The van der Waals surface area contributed by atoms with Crippen LogP contribution >= 0.6 is 0 Å². The Labute approximate surface area is 183 Å². The molecule has 3 aliphatic rings. The third-order valence-electron chi connectivity index (χ3n) is 7.39. The normalized spacial score (nSPS) is 24.0. The summed E-state index contributed by atoms with van der Waals surface area (Å²) in [4.78, 5) is 21.9. The van der Waals surface area contributed by atoms with Crippen LogP contribution < -0.4 is 4.90 Å². The van der Waals surface area contributed by atoms with E-state index in [1.54, 1.807) is 0 Å². The number of hydrogen-bond acceptors (Lipinski definition) is 6. The number of rotatable bonds is 4. The van der Waals surface area contributed by atoms with Crippen LogP contribution in [0.15, 0.2) is 36.8 Å². The molecule has 0 bridgehead atoms. The molecule has 6 rings (SSSR count). The number of aromatic nitrogens is 4. The predicted octanol–water partition coefficient (Wildman–Crippen LogP) is 2.92. The lowest BCUT2D eigenvalue weighted by Crippen LogP contribution is -2.50. The third kappa shape index (κ3) is 3.49. The van der Waals surface area contributed by atoms with Crippen LogP contribution in [0.2, 0.25) is 0 Å². The molecule has 0 saturated carbocycles. The topological polar surface area (TPSA) is 52.8 Å². The summed E-state index contributed by atoms with van der Waals surface area (Å²) in [6, 6.07) is 7.36. The Morgan fingerprint density at radius 2 is 2.03 bits per heavy atom. The number of aryl methyl sites for hydroxylation is 1. The summed E-state index contributed by atoms with van der Waals surface area (Å²) in [5.41, 5.74) is 4.73. The number of pyridine rings is 1. The predicted molar refractivity (Wildman–Crippen MR) is 121 cm³/mol. The molecule has 3 aromatic heterocycles. The molecule has 2 saturated heterocycles.